The van der Waals surface area contributed by atoms with Gasteiger partial charge in [-0.2, -0.15) is 0 Å². The molecule has 2 aromatic carbocycles. The maximum absolute atomic E-state index is 12.5. The molecule has 0 bridgehead atoms. The topological polar surface area (TPSA) is 66.0 Å². The van der Waals surface area contributed by atoms with Crippen molar-refractivity contribution in [2.75, 3.05) is 21.3 Å². The SMILES string of the molecule is COc1ccc(CNC(=O)[C@H](C)Oc2ccccc2C(C)C)c(OC)c1OC. The van der Waals surface area contributed by atoms with Gasteiger partial charge in [-0.15, -0.1) is 0 Å². The second-order valence-electron chi connectivity index (χ2n) is 6.66. The van der Waals surface area contributed by atoms with Crippen LogP contribution in [0.1, 0.15) is 37.8 Å². The molecule has 1 N–H and O–H groups in total. The number of carbonyl (C=O) groups excluding carboxylic acids is 1. The second kappa shape index (κ2) is 9.88. The van der Waals surface area contributed by atoms with E-state index < -0.39 is 6.10 Å². The van der Waals surface area contributed by atoms with E-state index >= 15 is 0 Å². The van der Waals surface area contributed by atoms with Crippen LogP contribution in [0.4, 0.5) is 0 Å². The molecule has 0 aromatic heterocycles. The molecule has 1 atom stereocenters. The first-order chi connectivity index (χ1) is 13.4. The summed E-state index contributed by atoms with van der Waals surface area (Å²) >= 11 is 0. The lowest BCUT2D eigenvalue weighted by molar-refractivity contribution is -0.127. The van der Waals surface area contributed by atoms with Crippen molar-refractivity contribution < 1.29 is 23.7 Å². The Balaban J connectivity index is 2.08. The molecule has 0 unspecified atom stereocenters. The first-order valence-electron chi connectivity index (χ1n) is 9.24. The molecule has 1 amide bonds. The van der Waals surface area contributed by atoms with E-state index in [-0.39, 0.29) is 12.5 Å². The number of amides is 1. The number of hydrogen-bond donors (Lipinski definition) is 1. The largest absolute Gasteiger partial charge is 0.493 e. The van der Waals surface area contributed by atoms with E-state index in [0.717, 1.165) is 16.9 Å². The Hall–Kier alpha value is -2.89. The zero-order valence-corrected chi connectivity index (χ0v) is 17.4. The summed E-state index contributed by atoms with van der Waals surface area (Å²) in [4.78, 5) is 12.5. The highest BCUT2D eigenvalue weighted by atomic mass is 16.5. The standard InChI is InChI=1S/C22H29NO5/c1-14(2)17-9-7-8-10-18(17)28-15(3)22(24)23-13-16-11-12-19(25-4)21(27-6)20(16)26-5/h7-12,14-15H,13H2,1-6H3,(H,23,24)/t15-/m0/s1. The summed E-state index contributed by atoms with van der Waals surface area (Å²) < 4.78 is 22.0. The van der Waals surface area contributed by atoms with E-state index in [0.29, 0.717) is 23.2 Å². The van der Waals surface area contributed by atoms with Crippen LogP contribution in [-0.4, -0.2) is 33.3 Å². The van der Waals surface area contributed by atoms with E-state index in [1.54, 1.807) is 34.3 Å². The van der Waals surface area contributed by atoms with Gasteiger partial charge in [0.1, 0.15) is 5.75 Å². The minimum Gasteiger partial charge on any atom is -0.493 e. The molecule has 2 aromatic rings. The van der Waals surface area contributed by atoms with E-state index in [2.05, 4.69) is 19.2 Å². The van der Waals surface area contributed by atoms with Crippen molar-refractivity contribution in [1.29, 1.82) is 0 Å². The molecule has 0 fully saturated rings. The zero-order valence-electron chi connectivity index (χ0n) is 17.4. The Morgan fingerprint density at radius 2 is 1.57 bits per heavy atom. The Morgan fingerprint density at radius 3 is 2.18 bits per heavy atom. The van der Waals surface area contributed by atoms with Crippen molar-refractivity contribution in [2.24, 2.45) is 0 Å². The number of hydrogen-bond acceptors (Lipinski definition) is 5. The van der Waals surface area contributed by atoms with Crippen molar-refractivity contribution in [3.05, 3.63) is 47.5 Å². The van der Waals surface area contributed by atoms with Crippen LogP contribution in [-0.2, 0) is 11.3 Å². The number of carbonyl (C=O) groups is 1. The third-order valence-corrected chi connectivity index (χ3v) is 4.45. The highest BCUT2D eigenvalue weighted by Crippen LogP contribution is 2.39. The molecule has 6 heteroatoms. The predicted octanol–water partition coefficient (Wildman–Crippen LogP) is 3.92. The lowest BCUT2D eigenvalue weighted by atomic mass is 10.0. The fraction of sp³-hybridized carbons (Fsp3) is 0.409. The zero-order chi connectivity index (χ0) is 20.7. The van der Waals surface area contributed by atoms with Gasteiger partial charge in [-0.1, -0.05) is 32.0 Å². The number of benzene rings is 2. The molecule has 152 valence electrons. The average Bonchev–Trinajstić information content (AvgIpc) is 2.71. The second-order valence-corrected chi connectivity index (χ2v) is 6.66. The van der Waals surface area contributed by atoms with Crippen molar-refractivity contribution >= 4 is 5.91 Å². The fourth-order valence-electron chi connectivity index (χ4n) is 2.94. The predicted molar refractivity (Wildman–Crippen MR) is 109 cm³/mol. The third-order valence-electron chi connectivity index (χ3n) is 4.45. The molecular weight excluding hydrogens is 358 g/mol. The minimum atomic E-state index is -0.633. The Morgan fingerprint density at radius 1 is 0.893 bits per heavy atom. The molecule has 0 saturated heterocycles. The molecule has 0 saturated carbocycles. The average molecular weight is 387 g/mol. The molecule has 0 aliphatic carbocycles. The third kappa shape index (κ3) is 4.88. The number of nitrogens with one attached hydrogen (secondary N) is 1. The summed E-state index contributed by atoms with van der Waals surface area (Å²) in [5.41, 5.74) is 1.85. The molecule has 28 heavy (non-hydrogen) atoms. The number of ether oxygens (including phenoxy) is 4. The monoisotopic (exact) mass is 387 g/mol. The molecular formula is C22H29NO5. The van der Waals surface area contributed by atoms with Crippen molar-refractivity contribution in [2.45, 2.75) is 39.3 Å². The van der Waals surface area contributed by atoms with Crippen LogP contribution in [0.2, 0.25) is 0 Å². The van der Waals surface area contributed by atoms with Crippen molar-refractivity contribution in [3.63, 3.8) is 0 Å². The summed E-state index contributed by atoms with van der Waals surface area (Å²) in [6.07, 6.45) is -0.633. The molecule has 0 heterocycles. The van der Waals surface area contributed by atoms with Gasteiger partial charge in [-0.25, -0.2) is 0 Å². The first-order valence-corrected chi connectivity index (χ1v) is 9.24. The lowest BCUT2D eigenvalue weighted by Gasteiger charge is -2.19. The fourth-order valence-corrected chi connectivity index (χ4v) is 2.94. The normalized spacial score (nSPS) is 11.7. The van der Waals surface area contributed by atoms with Gasteiger partial charge in [0, 0.05) is 12.1 Å². The molecule has 0 spiro atoms. The van der Waals surface area contributed by atoms with Crippen LogP contribution in [0, 0.1) is 0 Å². The van der Waals surface area contributed by atoms with Crippen molar-refractivity contribution in [1.82, 2.24) is 5.32 Å². The Bertz CT molecular complexity index is 804. The van der Waals surface area contributed by atoms with Gasteiger partial charge in [0.2, 0.25) is 5.75 Å². The maximum Gasteiger partial charge on any atom is 0.261 e. The summed E-state index contributed by atoms with van der Waals surface area (Å²) in [6.45, 7) is 6.20. The lowest BCUT2D eigenvalue weighted by Crippen LogP contribution is -2.36. The summed E-state index contributed by atoms with van der Waals surface area (Å²) in [7, 11) is 4.66. The molecule has 2 rings (SSSR count). The summed E-state index contributed by atoms with van der Waals surface area (Å²) in [5.74, 6) is 2.41. The number of rotatable bonds is 9. The van der Waals surface area contributed by atoms with Crippen LogP contribution in [0.5, 0.6) is 23.0 Å². The number of para-hydroxylation sites is 1. The summed E-state index contributed by atoms with van der Waals surface area (Å²) in [6, 6.07) is 11.4. The minimum absolute atomic E-state index is 0.213. The van der Waals surface area contributed by atoms with Crippen LogP contribution >= 0.6 is 0 Å². The van der Waals surface area contributed by atoms with E-state index in [9.17, 15) is 4.79 Å². The van der Waals surface area contributed by atoms with Crippen molar-refractivity contribution in [3.8, 4) is 23.0 Å². The van der Waals surface area contributed by atoms with Gasteiger partial charge in [-0.05, 0) is 36.6 Å². The highest BCUT2D eigenvalue weighted by Gasteiger charge is 2.20. The molecule has 6 nitrogen and oxygen atoms in total. The smallest absolute Gasteiger partial charge is 0.261 e. The van der Waals surface area contributed by atoms with Crippen LogP contribution in [0.15, 0.2) is 36.4 Å². The van der Waals surface area contributed by atoms with E-state index in [4.69, 9.17) is 18.9 Å². The Kier molecular flexibility index (Phi) is 7.55. The van der Waals surface area contributed by atoms with Crippen LogP contribution in [0.3, 0.4) is 0 Å². The van der Waals surface area contributed by atoms with Crippen LogP contribution < -0.4 is 24.3 Å². The van der Waals surface area contributed by atoms with E-state index in [1.165, 1.54) is 0 Å². The van der Waals surface area contributed by atoms with Gasteiger partial charge in [-0.3, -0.25) is 4.79 Å². The molecule has 0 radical (unpaired) electrons. The summed E-state index contributed by atoms with van der Waals surface area (Å²) in [5, 5.41) is 2.89. The highest BCUT2D eigenvalue weighted by molar-refractivity contribution is 5.80. The van der Waals surface area contributed by atoms with Gasteiger partial charge in [0.25, 0.3) is 5.91 Å². The Labute approximate surface area is 166 Å². The van der Waals surface area contributed by atoms with Gasteiger partial charge < -0.3 is 24.3 Å². The van der Waals surface area contributed by atoms with Gasteiger partial charge in [0.05, 0.1) is 21.3 Å². The van der Waals surface area contributed by atoms with Crippen LogP contribution in [0.25, 0.3) is 0 Å². The molecule has 0 aliphatic heterocycles. The van der Waals surface area contributed by atoms with E-state index in [1.807, 2.05) is 30.3 Å². The molecule has 0 aliphatic rings. The van der Waals surface area contributed by atoms with Gasteiger partial charge >= 0.3 is 0 Å². The quantitative estimate of drug-likeness (QED) is 0.706. The van der Waals surface area contributed by atoms with Gasteiger partial charge in [0.15, 0.2) is 17.6 Å². The first kappa shape index (κ1) is 21.4. The number of methoxy groups -OCH3 is 3. The maximum atomic E-state index is 12.5.